The monoisotopic (exact) mass is 415 g/mol. The molecule has 5 nitrogen and oxygen atoms in total. The van der Waals surface area contributed by atoms with E-state index >= 15 is 0 Å². The zero-order valence-electron chi connectivity index (χ0n) is 17.1. The van der Waals surface area contributed by atoms with Crippen molar-refractivity contribution in [3.8, 4) is 5.75 Å². The lowest BCUT2D eigenvalue weighted by Crippen LogP contribution is -2.43. The number of ether oxygens (including phenoxy) is 1. The molecule has 0 aromatic heterocycles. The van der Waals surface area contributed by atoms with E-state index in [-0.39, 0.29) is 5.91 Å². The van der Waals surface area contributed by atoms with E-state index in [1.807, 2.05) is 12.1 Å². The second-order valence-electron chi connectivity index (χ2n) is 7.58. The average molecular weight is 416 g/mol. The molecule has 1 heterocycles. The van der Waals surface area contributed by atoms with Crippen LogP contribution in [0.15, 0.2) is 48.5 Å². The highest BCUT2D eigenvalue weighted by Crippen LogP contribution is 2.15. The minimum atomic E-state index is 0.0474. The highest BCUT2D eigenvalue weighted by Gasteiger charge is 2.13. The average Bonchev–Trinajstić information content (AvgIpc) is 2.74. The van der Waals surface area contributed by atoms with Crippen molar-refractivity contribution in [2.24, 2.45) is 0 Å². The molecule has 156 valence electrons. The number of halogens is 1. The van der Waals surface area contributed by atoms with Gasteiger partial charge in [-0.2, -0.15) is 0 Å². The number of rotatable bonds is 9. The molecule has 1 aliphatic rings. The third-order valence-corrected chi connectivity index (χ3v) is 5.40. The summed E-state index contributed by atoms with van der Waals surface area (Å²) >= 11 is 5.84. The first-order chi connectivity index (χ1) is 14.1. The van der Waals surface area contributed by atoms with E-state index in [2.05, 4.69) is 46.4 Å². The maximum Gasteiger partial charge on any atom is 0.220 e. The van der Waals surface area contributed by atoms with Gasteiger partial charge in [-0.25, -0.2) is 0 Å². The normalized spacial score (nSPS) is 15.2. The van der Waals surface area contributed by atoms with E-state index in [9.17, 15) is 4.79 Å². The van der Waals surface area contributed by atoms with E-state index in [1.54, 1.807) is 12.1 Å². The number of hydrogen-bond donors (Lipinski definition) is 1. The number of amides is 1. The van der Waals surface area contributed by atoms with Crippen molar-refractivity contribution in [2.45, 2.75) is 25.9 Å². The van der Waals surface area contributed by atoms with Gasteiger partial charge in [0.05, 0.1) is 6.61 Å². The number of carbonyl (C=O) groups is 1. The van der Waals surface area contributed by atoms with Crippen LogP contribution in [0.4, 0.5) is 0 Å². The fourth-order valence-electron chi connectivity index (χ4n) is 3.27. The van der Waals surface area contributed by atoms with Crippen LogP contribution in [0.2, 0.25) is 5.02 Å². The summed E-state index contributed by atoms with van der Waals surface area (Å²) in [5, 5.41) is 3.67. The Bertz CT molecular complexity index is 757. The molecule has 1 fully saturated rings. The molecular formula is C23H30ClN3O2. The van der Waals surface area contributed by atoms with Crippen LogP contribution in [-0.4, -0.2) is 55.5 Å². The van der Waals surface area contributed by atoms with Gasteiger partial charge in [0.1, 0.15) is 5.75 Å². The number of carbonyl (C=O) groups excluding carboxylic acids is 1. The first-order valence-electron chi connectivity index (χ1n) is 10.2. The van der Waals surface area contributed by atoms with Gasteiger partial charge in [0.25, 0.3) is 0 Å². The number of nitrogens with zero attached hydrogens (tertiary/aromatic N) is 2. The number of likely N-dealkylation sites (N-methyl/N-ethyl adjacent to an activating group) is 1. The Balaban J connectivity index is 1.31. The van der Waals surface area contributed by atoms with Crippen molar-refractivity contribution in [3.63, 3.8) is 0 Å². The molecule has 1 aliphatic heterocycles. The third kappa shape index (κ3) is 7.69. The Labute approximate surface area is 178 Å². The summed E-state index contributed by atoms with van der Waals surface area (Å²) in [6, 6.07) is 15.8. The highest BCUT2D eigenvalue weighted by molar-refractivity contribution is 6.30. The predicted octanol–water partition coefficient (Wildman–Crippen LogP) is 3.56. The summed E-state index contributed by atoms with van der Waals surface area (Å²) in [5.41, 5.74) is 2.45. The third-order valence-electron chi connectivity index (χ3n) is 5.15. The van der Waals surface area contributed by atoms with Gasteiger partial charge in [-0.1, -0.05) is 35.9 Å². The zero-order chi connectivity index (χ0) is 20.5. The molecule has 1 saturated heterocycles. The largest absolute Gasteiger partial charge is 0.494 e. The van der Waals surface area contributed by atoms with Crippen molar-refractivity contribution in [1.82, 2.24) is 15.1 Å². The van der Waals surface area contributed by atoms with Gasteiger partial charge in [0.15, 0.2) is 0 Å². The van der Waals surface area contributed by atoms with Gasteiger partial charge < -0.3 is 15.0 Å². The van der Waals surface area contributed by atoms with Gasteiger partial charge in [-0.3, -0.25) is 9.69 Å². The van der Waals surface area contributed by atoms with Crippen LogP contribution in [-0.2, 0) is 17.9 Å². The van der Waals surface area contributed by atoms with Gasteiger partial charge in [0, 0.05) is 50.7 Å². The van der Waals surface area contributed by atoms with Crippen molar-refractivity contribution >= 4 is 17.5 Å². The summed E-state index contributed by atoms with van der Waals surface area (Å²) in [4.78, 5) is 16.9. The number of hydrogen-bond acceptors (Lipinski definition) is 4. The predicted molar refractivity (Wildman–Crippen MR) is 117 cm³/mol. The molecule has 0 unspecified atom stereocenters. The maximum atomic E-state index is 12.0. The Morgan fingerprint density at radius 2 is 1.66 bits per heavy atom. The van der Waals surface area contributed by atoms with E-state index < -0.39 is 0 Å². The summed E-state index contributed by atoms with van der Waals surface area (Å²) in [5.74, 6) is 0.817. The molecule has 0 radical (unpaired) electrons. The van der Waals surface area contributed by atoms with E-state index in [0.717, 1.165) is 44.0 Å². The molecule has 1 amide bonds. The molecule has 3 rings (SSSR count). The van der Waals surface area contributed by atoms with Crippen molar-refractivity contribution < 1.29 is 9.53 Å². The van der Waals surface area contributed by atoms with Crippen LogP contribution < -0.4 is 10.1 Å². The van der Waals surface area contributed by atoms with Crippen LogP contribution in [0.1, 0.15) is 24.0 Å². The van der Waals surface area contributed by atoms with Gasteiger partial charge in [0.2, 0.25) is 5.91 Å². The number of benzene rings is 2. The lowest BCUT2D eigenvalue weighted by Gasteiger charge is -2.32. The van der Waals surface area contributed by atoms with E-state index in [0.29, 0.717) is 31.0 Å². The summed E-state index contributed by atoms with van der Waals surface area (Å²) in [7, 11) is 2.17. The second-order valence-corrected chi connectivity index (χ2v) is 8.02. The van der Waals surface area contributed by atoms with E-state index in [4.69, 9.17) is 16.3 Å². The first kappa shape index (κ1) is 21.6. The first-order valence-corrected chi connectivity index (χ1v) is 10.6. The minimum absolute atomic E-state index is 0.0474. The molecule has 0 atom stereocenters. The van der Waals surface area contributed by atoms with Crippen LogP contribution in [0.5, 0.6) is 5.75 Å². The molecule has 29 heavy (non-hydrogen) atoms. The quantitative estimate of drug-likeness (QED) is 0.636. The van der Waals surface area contributed by atoms with Crippen LogP contribution in [0, 0.1) is 0 Å². The SMILES string of the molecule is CN1CCN(Cc2ccc(CNC(=O)CCCOc3ccc(Cl)cc3)cc2)CC1. The van der Waals surface area contributed by atoms with Crippen molar-refractivity contribution in [2.75, 3.05) is 39.8 Å². The molecule has 0 spiro atoms. The smallest absolute Gasteiger partial charge is 0.220 e. The summed E-state index contributed by atoms with van der Waals surface area (Å²) in [6.45, 7) is 6.57. The van der Waals surface area contributed by atoms with Gasteiger partial charge in [-0.05, 0) is 48.9 Å². The Hall–Kier alpha value is -2.08. The summed E-state index contributed by atoms with van der Waals surface area (Å²) < 4.78 is 5.61. The van der Waals surface area contributed by atoms with Crippen LogP contribution >= 0.6 is 11.6 Å². The van der Waals surface area contributed by atoms with Crippen LogP contribution in [0.3, 0.4) is 0 Å². The second kappa shape index (κ2) is 11.2. The van der Waals surface area contributed by atoms with Crippen LogP contribution in [0.25, 0.3) is 0 Å². The topological polar surface area (TPSA) is 44.8 Å². The number of nitrogens with one attached hydrogen (secondary N) is 1. The van der Waals surface area contributed by atoms with Crippen molar-refractivity contribution in [1.29, 1.82) is 0 Å². The van der Waals surface area contributed by atoms with Gasteiger partial charge >= 0.3 is 0 Å². The molecule has 0 bridgehead atoms. The lowest BCUT2D eigenvalue weighted by molar-refractivity contribution is -0.121. The molecule has 1 N–H and O–H groups in total. The fraction of sp³-hybridized carbons (Fsp3) is 0.435. The van der Waals surface area contributed by atoms with Crippen molar-refractivity contribution in [3.05, 3.63) is 64.7 Å². The molecule has 2 aromatic rings. The highest BCUT2D eigenvalue weighted by atomic mass is 35.5. The van der Waals surface area contributed by atoms with Gasteiger partial charge in [-0.15, -0.1) is 0 Å². The van der Waals surface area contributed by atoms with E-state index in [1.165, 1.54) is 5.56 Å². The molecule has 6 heteroatoms. The maximum absolute atomic E-state index is 12.0. The molecule has 2 aromatic carbocycles. The zero-order valence-corrected chi connectivity index (χ0v) is 17.8. The minimum Gasteiger partial charge on any atom is -0.494 e. The Morgan fingerprint density at radius 3 is 2.34 bits per heavy atom. The molecular weight excluding hydrogens is 386 g/mol. The number of piperazine rings is 1. The summed E-state index contributed by atoms with van der Waals surface area (Å²) in [6.07, 6.45) is 1.13. The lowest BCUT2D eigenvalue weighted by atomic mass is 10.1. The fourth-order valence-corrected chi connectivity index (χ4v) is 3.40. The Kier molecular flexibility index (Phi) is 8.35. The Morgan fingerprint density at radius 1 is 1.00 bits per heavy atom. The standard InChI is InChI=1S/C23H30ClN3O2/c1-26-12-14-27(15-13-26)18-20-6-4-19(5-7-20)17-25-23(28)3-2-16-29-22-10-8-21(24)9-11-22/h4-11H,2-3,12-18H2,1H3,(H,25,28). The molecule has 0 aliphatic carbocycles. The molecule has 0 saturated carbocycles.